The molecule has 1 N–H and O–H groups in total. The van der Waals surface area contributed by atoms with E-state index in [4.69, 9.17) is 0 Å². The molecule has 0 radical (unpaired) electrons. The van der Waals surface area contributed by atoms with Gasteiger partial charge in [0.25, 0.3) is 0 Å². The molecule has 2 bridgehead atoms. The predicted octanol–water partition coefficient (Wildman–Crippen LogP) is 2.34. The van der Waals surface area contributed by atoms with Crippen LogP contribution in [0.5, 0.6) is 0 Å². The monoisotopic (exact) mass is 272 g/mol. The van der Waals surface area contributed by atoms with Crippen molar-refractivity contribution in [3.63, 3.8) is 0 Å². The topological polar surface area (TPSA) is 32.3 Å². The van der Waals surface area contributed by atoms with E-state index in [1.807, 2.05) is 0 Å². The van der Waals surface area contributed by atoms with Crippen molar-refractivity contribution in [1.82, 2.24) is 10.2 Å². The zero-order valence-corrected chi connectivity index (χ0v) is 11.9. The molecule has 3 unspecified atom stereocenters. The number of nitrogens with zero attached hydrogens (tertiary/aromatic N) is 1. The molecule has 3 rings (SSSR count). The lowest BCUT2D eigenvalue weighted by Gasteiger charge is -2.35. The van der Waals surface area contributed by atoms with Crippen LogP contribution in [0.1, 0.15) is 51.4 Å². The Kier molecular flexibility index (Phi) is 4.91. The Morgan fingerprint density at radius 1 is 1.11 bits per heavy atom. The zero-order chi connectivity index (χ0) is 11.7. The fourth-order valence-corrected chi connectivity index (χ4v) is 3.94. The number of piperidine rings is 1. The summed E-state index contributed by atoms with van der Waals surface area (Å²) in [7, 11) is 0. The van der Waals surface area contributed by atoms with Crippen LogP contribution in [0.4, 0.5) is 0 Å². The molecule has 0 aliphatic carbocycles. The second-order valence-electron chi connectivity index (χ2n) is 6.01. The third kappa shape index (κ3) is 2.83. The minimum Gasteiger partial charge on any atom is -0.337 e. The molecule has 3 aliphatic heterocycles. The molecule has 3 aliphatic rings. The summed E-state index contributed by atoms with van der Waals surface area (Å²) in [5, 5.41) is 3.38. The SMILES string of the molecule is Cl.O=C(CCC1CCNC1)N1C2CCCC1CC2. The summed E-state index contributed by atoms with van der Waals surface area (Å²) in [6, 6.07) is 1.20. The van der Waals surface area contributed by atoms with E-state index in [0.717, 1.165) is 31.8 Å². The third-order valence-corrected chi connectivity index (χ3v) is 4.91. The van der Waals surface area contributed by atoms with Crippen molar-refractivity contribution in [3.8, 4) is 0 Å². The second kappa shape index (κ2) is 6.25. The van der Waals surface area contributed by atoms with Gasteiger partial charge in [0.15, 0.2) is 0 Å². The Bertz CT molecular complexity index is 276. The first kappa shape index (κ1) is 14.1. The molecule has 0 aromatic heterocycles. The maximum atomic E-state index is 12.3. The van der Waals surface area contributed by atoms with E-state index in [1.165, 1.54) is 38.5 Å². The molecule has 1 amide bonds. The summed E-state index contributed by atoms with van der Waals surface area (Å²) in [6.07, 6.45) is 9.54. The van der Waals surface area contributed by atoms with E-state index in [1.54, 1.807) is 0 Å². The predicted molar refractivity (Wildman–Crippen MR) is 75.0 cm³/mol. The average molecular weight is 273 g/mol. The van der Waals surface area contributed by atoms with Gasteiger partial charge < -0.3 is 10.2 Å². The lowest BCUT2D eigenvalue weighted by Crippen LogP contribution is -2.44. The Labute approximate surface area is 116 Å². The minimum atomic E-state index is 0. The molecular formula is C14H25ClN2O. The first-order valence-electron chi connectivity index (χ1n) is 7.36. The normalized spacial score (nSPS) is 34.4. The van der Waals surface area contributed by atoms with E-state index in [-0.39, 0.29) is 12.4 Å². The van der Waals surface area contributed by atoms with Gasteiger partial charge in [0.05, 0.1) is 0 Å². The largest absolute Gasteiger partial charge is 0.337 e. The first-order chi connectivity index (χ1) is 8.34. The van der Waals surface area contributed by atoms with Gasteiger partial charge in [-0.3, -0.25) is 4.79 Å². The standard InChI is InChI=1S/C14H24N2O.ClH/c17-14(7-4-11-8-9-15-10-11)16-12-2-1-3-13(16)6-5-12;/h11-13,15H,1-10H2;1H. The van der Waals surface area contributed by atoms with Crippen LogP contribution in [0.2, 0.25) is 0 Å². The van der Waals surface area contributed by atoms with E-state index < -0.39 is 0 Å². The van der Waals surface area contributed by atoms with Gasteiger partial charge in [0, 0.05) is 18.5 Å². The lowest BCUT2D eigenvalue weighted by atomic mass is 9.99. The van der Waals surface area contributed by atoms with Crippen LogP contribution in [0.15, 0.2) is 0 Å². The molecule has 3 heterocycles. The maximum absolute atomic E-state index is 12.3. The summed E-state index contributed by atoms with van der Waals surface area (Å²) >= 11 is 0. The van der Waals surface area contributed by atoms with Crippen LogP contribution in [0.3, 0.4) is 0 Å². The van der Waals surface area contributed by atoms with Crippen LogP contribution in [-0.4, -0.2) is 36.0 Å². The third-order valence-electron chi connectivity index (χ3n) is 4.91. The number of carbonyl (C=O) groups is 1. The Morgan fingerprint density at radius 2 is 1.83 bits per heavy atom. The number of hydrogen-bond acceptors (Lipinski definition) is 2. The van der Waals surface area contributed by atoms with E-state index in [2.05, 4.69) is 10.2 Å². The Hall–Kier alpha value is -0.280. The van der Waals surface area contributed by atoms with Gasteiger partial charge in [0.2, 0.25) is 5.91 Å². The number of carbonyl (C=O) groups excluding carboxylic acids is 1. The van der Waals surface area contributed by atoms with Crippen molar-refractivity contribution in [2.75, 3.05) is 13.1 Å². The van der Waals surface area contributed by atoms with Gasteiger partial charge in [0.1, 0.15) is 0 Å². The summed E-state index contributed by atoms with van der Waals surface area (Å²) < 4.78 is 0. The highest BCUT2D eigenvalue weighted by atomic mass is 35.5. The Balaban J connectivity index is 0.00000120. The number of fused-ring (bicyclic) bond motifs is 2. The fraction of sp³-hybridized carbons (Fsp3) is 0.929. The van der Waals surface area contributed by atoms with Crippen molar-refractivity contribution in [3.05, 3.63) is 0 Å². The van der Waals surface area contributed by atoms with Crippen molar-refractivity contribution in [1.29, 1.82) is 0 Å². The second-order valence-corrected chi connectivity index (χ2v) is 6.01. The van der Waals surface area contributed by atoms with Gasteiger partial charge >= 0.3 is 0 Å². The van der Waals surface area contributed by atoms with Crippen LogP contribution >= 0.6 is 12.4 Å². The van der Waals surface area contributed by atoms with Crippen LogP contribution in [0.25, 0.3) is 0 Å². The molecule has 3 saturated heterocycles. The van der Waals surface area contributed by atoms with Crippen molar-refractivity contribution in [2.45, 2.75) is 63.5 Å². The molecule has 0 aromatic carbocycles. The molecule has 3 fully saturated rings. The molecular weight excluding hydrogens is 248 g/mol. The maximum Gasteiger partial charge on any atom is 0.223 e. The van der Waals surface area contributed by atoms with E-state index in [0.29, 0.717) is 18.0 Å². The summed E-state index contributed by atoms with van der Waals surface area (Å²) in [5.41, 5.74) is 0. The highest BCUT2D eigenvalue weighted by Crippen LogP contribution is 2.36. The van der Waals surface area contributed by atoms with E-state index in [9.17, 15) is 4.79 Å². The lowest BCUT2D eigenvalue weighted by molar-refractivity contribution is -0.135. The number of hydrogen-bond donors (Lipinski definition) is 1. The molecule has 104 valence electrons. The number of rotatable bonds is 3. The minimum absolute atomic E-state index is 0. The number of nitrogens with one attached hydrogen (secondary N) is 1. The van der Waals surface area contributed by atoms with Gasteiger partial charge in [-0.15, -0.1) is 12.4 Å². The van der Waals surface area contributed by atoms with Gasteiger partial charge in [-0.1, -0.05) is 0 Å². The number of amides is 1. The molecule has 18 heavy (non-hydrogen) atoms. The number of halogens is 1. The van der Waals surface area contributed by atoms with Crippen LogP contribution in [-0.2, 0) is 4.79 Å². The van der Waals surface area contributed by atoms with Crippen molar-refractivity contribution in [2.24, 2.45) is 5.92 Å². The molecule has 3 nitrogen and oxygen atoms in total. The zero-order valence-electron chi connectivity index (χ0n) is 11.1. The van der Waals surface area contributed by atoms with Gasteiger partial charge in [-0.05, 0) is 64.0 Å². The summed E-state index contributed by atoms with van der Waals surface area (Å²) in [5.74, 6) is 1.20. The van der Waals surface area contributed by atoms with Crippen LogP contribution < -0.4 is 5.32 Å². The first-order valence-corrected chi connectivity index (χ1v) is 7.36. The molecule has 3 atom stereocenters. The van der Waals surface area contributed by atoms with Crippen LogP contribution in [0, 0.1) is 5.92 Å². The fourth-order valence-electron chi connectivity index (χ4n) is 3.94. The van der Waals surface area contributed by atoms with Crippen molar-refractivity contribution >= 4 is 18.3 Å². The quantitative estimate of drug-likeness (QED) is 0.855. The highest BCUT2D eigenvalue weighted by molar-refractivity contribution is 5.85. The van der Waals surface area contributed by atoms with Gasteiger partial charge in [-0.2, -0.15) is 0 Å². The van der Waals surface area contributed by atoms with Gasteiger partial charge in [-0.25, -0.2) is 0 Å². The molecule has 0 spiro atoms. The summed E-state index contributed by atoms with van der Waals surface area (Å²) in [6.45, 7) is 2.27. The molecule has 4 heteroatoms. The van der Waals surface area contributed by atoms with Crippen molar-refractivity contribution < 1.29 is 4.79 Å². The molecule has 0 aromatic rings. The summed E-state index contributed by atoms with van der Waals surface area (Å²) in [4.78, 5) is 14.6. The average Bonchev–Trinajstić information content (AvgIpc) is 2.93. The van der Waals surface area contributed by atoms with E-state index >= 15 is 0 Å². The Morgan fingerprint density at radius 3 is 2.44 bits per heavy atom. The highest BCUT2D eigenvalue weighted by Gasteiger charge is 2.39. The molecule has 0 saturated carbocycles. The smallest absolute Gasteiger partial charge is 0.223 e.